The van der Waals surface area contributed by atoms with Crippen LogP contribution in [0.15, 0.2) is 28.8 Å². The van der Waals surface area contributed by atoms with Crippen molar-refractivity contribution in [2.24, 2.45) is 0 Å². The highest BCUT2D eigenvalue weighted by Crippen LogP contribution is 2.16. The monoisotopic (exact) mass is 334 g/mol. The summed E-state index contributed by atoms with van der Waals surface area (Å²) in [5, 5.41) is 6.42. The lowest BCUT2D eigenvalue weighted by atomic mass is 10.1. The van der Waals surface area contributed by atoms with E-state index in [4.69, 9.17) is 9.26 Å². The van der Waals surface area contributed by atoms with Crippen molar-refractivity contribution in [3.8, 4) is 0 Å². The Bertz CT molecular complexity index is 725. The molecule has 7 heteroatoms. The van der Waals surface area contributed by atoms with Crippen LogP contribution in [0.2, 0.25) is 0 Å². The average molecular weight is 334 g/mol. The molecule has 2 aromatic rings. The molecule has 128 valence electrons. The first kappa shape index (κ1) is 17.7. The number of amides is 1. The van der Waals surface area contributed by atoms with Gasteiger partial charge in [-0.25, -0.2) is 9.18 Å². The highest BCUT2D eigenvalue weighted by molar-refractivity contribution is 5.93. The molecule has 1 atom stereocenters. The minimum atomic E-state index is -0.975. The van der Waals surface area contributed by atoms with Crippen LogP contribution in [-0.4, -0.2) is 23.1 Å². The van der Waals surface area contributed by atoms with E-state index in [0.29, 0.717) is 17.9 Å². The van der Waals surface area contributed by atoms with Crippen molar-refractivity contribution >= 4 is 11.9 Å². The summed E-state index contributed by atoms with van der Waals surface area (Å²) in [5.74, 6) is -1.08. The van der Waals surface area contributed by atoms with Crippen molar-refractivity contribution in [2.45, 2.75) is 39.8 Å². The molecule has 1 aromatic heterocycles. The summed E-state index contributed by atoms with van der Waals surface area (Å²) in [6.45, 7) is 5.15. The maximum atomic E-state index is 12.8. The van der Waals surface area contributed by atoms with Gasteiger partial charge in [-0.2, -0.15) is 0 Å². The summed E-state index contributed by atoms with van der Waals surface area (Å²) in [7, 11) is 0. The number of halogens is 1. The van der Waals surface area contributed by atoms with Gasteiger partial charge in [0.15, 0.2) is 6.10 Å². The van der Waals surface area contributed by atoms with Crippen molar-refractivity contribution in [3.63, 3.8) is 0 Å². The summed E-state index contributed by atoms with van der Waals surface area (Å²) in [4.78, 5) is 24.2. The van der Waals surface area contributed by atoms with Gasteiger partial charge in [-0.3, -0.25) is 4.79 Å². The minimum absolute atomic E-state index is 0.216. The molecular formula is C17H19FN2O4. The van der Waals surface area contributed by atoms with Crippen LogP contribution in [0.4, 0.5) is 4.39 Å². The third-order valence-corrected chi connectivity index (χ3v) is 3.51. The van der Waals surface area contributed by atoms with E-state index < -0.39 is 18.0 Å². The second-order valence-corrected chi connectivity index (χ2v) is 5.31. The number of aromatic nitrogens is 1. The number of hydrogen-bond donors (Lipinski definition) is 1. The molecule has 6 nitrogen and oxygen atoms in total. The number of carbonyl (C=O) groups excluding carboxylic acids is 2. The summed E-state index contributed by atoms with van der Waals surface area (Å²) in [5.41, 5.74) is 1.50. The van der Waals surface area contributed by atoms with Crippen LogP contribution in [0, 0.1) is 12.7 Å². The van der Waals surface area contributed by atoms with Crippen LogP contribution in [0.3, 0.4) is 0 Å². The quantitative estimate of drug-likeness (QED) is 0.821. The smallest absolute Gasteiger partial charge is 0.344 e. The number of aryl methyl sites for hydroxylation is 2. The lowest BCUT2D eigenvalue weighted by Crippen LogP contribution is -2.35. The molecule has 0 spiro atoms. The number of esters is 1. The van der Waals surface area contributed by atoms with Gasteiger partial charge >= 0.3 is 5.97 Å². The first-order valence-electron chi connectivity index (χ1n) is 7.60. The van der Waals surface area contributed by atoms with E-state index in [2.05, 4.69) is 10.5 Å². The maximum Gasteiger partial charge on any atom is 0.344 e. The van der Waals surface area contributed by atoms with Gasteiger partial charge in [-0.05, 0) is 38.0 Å². The summed E-state index contributed by atoms with van der Waals surface area (Å²) in [6.07, 6.45) is -0.454. The minimum Gasteiger partial charge on any atom is -0.449 e. The molecule has 0 aliphatic heterocycles. The molecule has 1 aromatic carbocycles. The van der Waals surface area contributed by atoms with Crippen molar-refractivity contribution in [3.05, 3.63) is 52.7 Å². The lowest BCUT2D eigenvalue weighted by molar-refractivity contribution is -0.129. The van der Waals surface area contributed by atoms with Crippen molar-refractivity contribution in [1.82, 2.24) is 10.5 Å². The van der Waals surface area contributed by atoms with Crippen molar-refractivity contribution < 1.29 is 23.2 Å². The molecular weight excluding hydrogens is 315 g/mol. The van der Waals surface area contributed by atoms with Crippen molar-refractivity contribution in [1.29, 1.82) is 0 Å². The Hall–Kier alpha value is -2.70. The molecule has 0 unspecified atom stereocenters. The molecule has 1 N–H and O–H groups in total. The molecule has 0 aliphatic carbocycles. The molecule has 0 bridgehead atoms. The zero-order valence-corrected chi connectivity index (χ0v) is 13.8. The predicted octanol–water partition coefficient (Wildman–Crippen LogP) is 2.55. The van der Waals surface area contributed by atoms with Gasteiger partial charge in [-0.1, -0.05) is 24.2 Å². The number of rotatable bonds is 6. The third-order valence-electron chi connectivity index (χ3n) is 3.51. The standard InChI is InChI=1S/C17H19FN2O4/c1-4-14-15(10(2)24-20-14)17(22)23-11(3)16(21)19-9-12-5-7-13(18)8-6-12/h5-8,11H,4,9H2,1-3H3,(H,19,21)/t11-/m0/s1. The summed E-state index contributed by atoms with van der Waals surface area (Å²) >= 11 is 0. The average Bonchev–Trinajstić information content (AvgIpc) is 2.94. The second kappa shape index (κ2) is 7.72. The van der Waals surface area contributed by atoms with Gasteiger partial charge in [-0.15, -0.1) is 0 Å². The summed E-state index contributed by atoms with van der Waals surface area (Å²) in [6, 6.07) is 5.76. The first-order valence-corrected chi connectivity index (χ1v) is 7.60. The van der Waals surface area contributed by atoms with E-state index in [1.54, 1.807) is 19.1 Å². The van der Waals surface area contributed by atoms with Crippen LogP contribution < -0.4 is 5.32 Å². The van der Waals surface area contributed by atoms with Gasteiger partial charge in [0, 0.05) is 6.54 Å². The molecule has 24 heavy (non-hydrogen) atoms. The van der Waals surface area contributed by atoms with Crippen LogP contribution >= 0.6 is 0 Å². The molecule has 0 radical (unpaired) electrons. The van der Waals surface area contributed by atoms with E-state index in [-0.39, 0.29) is 17.9 Å². The zero-order chi connectivity index (χ0) is 17.7. The molecule has 0 aliphatic rings. The Balaban J connectivity index is 1.92. The molecule has 0 saturated heterocycles. The first-order chi connectivity index (χ1) is 11.4. The van der Waals surface area contributed by atoms with Gasteiger partial charge in [0.1, 0.15) is 17.1 Å². The Labute approximate surface area is 139 Å². The number of ether oxygens (including phenoxy) is 1. The normalized spacial score (nSPS) is 11.8. The number of nitrogens with zero attached hydrogens (tertiary/aromatic N) is 1. The van der Waals surface area contributed by atoms with E-state index in [9.17, 15) is 14.0 Å². The van der Waals surface area contributed by atoms with E-state index in [0.717, 1.165) is 5.56 Å². The van der Waals surface area contributed by atoms with Gasteiger partial charge < -0.3 is 14.6 Å². The number of nitrogens with one attached hydrogen (secondary N) is 1. The summed E-state index contributed by atoms with van der Waals surface area (Å²) < 4.78 is 23.0. The van der Waals surface area contributed by atoms with Gasteiger partial charge in [0.05, 0.1) is 5.69 Å². The Morgan fingerprint density at radius 3 is 2.62 bits per heavy atom. The topological polar surface area (TPSA) is 81.4 Å². The predicted molar refractivity (Wildman–Crippen MR) is 83.7 cm³/mol. The number of benzene rings is 1. The molecule has 0 saturated carbocycles. The zero-order valence-electron chi connectivity index (χ0n) is 13.8. The van der Waals surface area contributed by atoms with E-state index >= 15 is 0 Å². The molecule has 2 rings (SSSR count). The Morgan fingerprint density at radius 2 is 2.00 bits per heavy atom. The fourth-order valence-corrected chi connectivity index (χ4v) is 2.13. The highest BCUT2D eigenvalue weighted by Gasteiger charge is 2.25. The van der Waals surface area contributed by atoms with Gasteiger partial charge in [0.2, 0.25) is 0 Å². The second-order valence-electron chi connectivity index (χ2n) is 5.31. The van der Waals surface area contributed by atoms with Crippen LogP contribution in [0.25, 0.3) is 0 Å². The Kier molecular flexibility index (Phi) is 5.68. The number of hydrogen-bond acceptors (Lipinski definition) is 5. The lowest BCUT2D eigenvalue weighted by Gasteiger charge is -2.13. The maximum absolute atomic E-state index is 12.8. The largest absolute Gasteiger partial charge is 0.449 e. The highest BCUT2D eigenvalue weighted by atomic mass is 19.1. The van der Waals surface area contributed by atoms with Crippen LogP contribution in [-0.2, 0) is 22.5 Å². The number of carbonyl (C=O) groups is 2. The van der Waals surface area contributed by atoms with Gasteiger partial charge in [0.25, 0.3) is 5.91 Å². The van der Waals surface area contributed by atoms with E-state index in [1.165, 1.54) is 19.1 Å². The fourth-order valence-electron chi connectivity index (χ4n) is 2.13. The van der Waals surface area contributed by atoms with Crippen LogP contribution in [0.1, 0.15) is 41.2 Å². The van der Waals surface area contributed by atoms with Crippen molar-refractivity contribution in [2.75, 3.05) is 0 Å². The fraction of sp³-hybridized carbons (Fsp3) is 0.353. The Morgan fingerprint density at radius 1 is 1.33 bits per heavy atom. The SMILES string of the molecule is CCc1noc(C)c1C(=O)O[C@@H](C)C(=O)NCc1ccc(F)cc1. The molecule has 1 amide bonds. The van der Waals surface area contributed by atoms with E-state index in [1.807, 2.05) is 6.92 Å². The molecule has 1 heterocycles. The van der Waals surface area contributed by atoms with Crippen LogP contribution in [0.5, 0.6) is 0 Å². The third kappa shape index (κ3) is 4.18. The molecule has 0 fully saturated rings.